The second kappa shape index (κ2) is 6.40. The van der Waals surface area contributed by atoms with Gasteiger partial charge in [-0.15, -0.1) is 0 Å². The van der Waals surface area contributed by atoms with E-state index in [0.29, 0.717) is 33.5 Å². The molecular formula is C19H17N3O5. The summed E-state index contributed by atoms with van der Waals surface area (Å²) in [4.78, 5) is 31.5. The van der Waals surface area contributed by atoms with E-state index >= 15 is 0 Å². The third-order valence-corrected chi connectivity index (χ3v) is 4.90. The molecular weight excluding hydrogens is 350 g/mol. The molecule has 1 heterocycles. The van der Waals surface area contributed by atoms with Crippen molar-refractivity contribution in [2.45, 2.75) is 19.1 Å². The average molecular weight is 367 g/mol. The molecule has 0 spiro atoms. The first-order valence-corrected chi connectivity index (χ1v) is 8.42. The fourth-order valence-electron chi connectivity index (χ4n) is 3.57. The third-order valence-electron chi connectivity index (χ3n) is 4.90. The Morgan fingerprint density at radius 3 is 2.81 bits per heavy atom. The molecule has 1 aromatic heterocycles. The number of benzene rings is 2. The number of aromatic hydroxyl groups is 1. The van der Waals surface area contributed by atoms with E-state index in [0.717, 1.165) is 0 Å². The fourth-order valence-corrected chi connectivity index (χ4v) is 3.57. The number of aliphatic hydroxyl groups excluding tert-OH is 1. The van der Waals surface area contributed by atoms with Crippen LogP contribution in [-0.4, -0.2) is 37.2 Å². The molecule has 0 bridgehead atoms. The molecule has 3 aromatic rings. The lowest BCUT2D eigenvalue weighted by Crippen LogP contribution is -2.34. The Morgan fingerprint density at radius 1 is 1.26 bits per heavy atom. The van der Waals surface area contributed by atoms with Crippen molar-refractivity contribution < 1.29 is 24.9 Å². The number of aromatic amines is 1. The van der Waals surface area contributed by atoms with Crippen molar-refractivity contribution in [3.63, 3.8) is 0 Å². The first kappa shape index (κ1) is 17.0. The number of nitrogens with zero attached hydrogens (tertiary/aromatic N) is 1. The number of rotatable bonds is 4. The van der Waals surface area contributed by atoms with E-state index in [1.807, 2.05) is 0 Å². The topological polar surface area (TPSA) is 136 Å². The van der Waals surface area contributed by atoms with E-state index in [-0.39, 0.29) is 18.8 Å². The molecule has 0 saturated carbocycles. The number of hydrogen-bond donors (Lipinski definition) is 5. The Bertz CT molecular complexity index is 1060. The lowest BCUT2D eigenvalue weighted by molar-refractivity contribution is -0.142. The summed E-state index contributed by atoms with van der Waals surface area (Å²) in [6, 6.07) is 8.97. The van der Waals surface area contributed by atoms with Crippen LogP contribution in [0.25, 0.3) is 11.0 Å². The van der Waals surface area contributed by atoms with Crippen LogP contribution < -0.4 is 5.32 Å². The standard InChI is InChI=1S/C19H17N3O5/c23-8-16-20-13-5-4-9(6-14(13)21-16)18(25)22-17-10-2-1-3-15(24)11(10)7-12(17)19(26)27/h1-6,12,17,23-24H,7-8H2,(H,20,21)(H,22,25)(H,26,27)/t12-,17+/m0/s1. The largest absolute Gasteiger partial charge is 0.508 e. The van der Waals surface area contributed by atoms with Crippen molar-refractivity contribution in [2.75, 3.05) is 0 Å². The van der Waals surface area contributed by atoms with Crippen LogP contribution in [0.15, 0.2) is 36.4 Å². The van der Waals surface area contributed by atoms with Crippen molar-refractivity contribution in [3.8, 4) is 5.75 Å². The number of aliphatic carboxylic acids is 1. The summed E-state index contributed by atoms with van der Waals surface area (Å²) in [7, 11) is 0. The predicted octanol–water partition coefficient (Wildman–Crippen LogP) is 1.49. The minimum absolute atomic E-state index is 0.0333. The number of phenols is 1. The van der Waals surface area contributed by atoms with Gasteiger partial charge in [-0.2, -0.15) is 0 Å². The minimum atomic E-state index is -1.03. The van der Waals surface area contributed by atoms with Crippen molar-refractivity contribution >= 4 is 22.9 Å². The Morgan fingerprint density at radius 2 is 2.07 bits per heavy atom. The van der Waals surface area contributed by atoms with Gasteiger partial charge in [-0.05, 0) is 36.2 Å². The molecule has 27 heavy (non-hydrogen) atoms. The summed E-state index contributed by atoms with van der Waals surface area (Å²) < 4.78 is 0. The van der Waals surface area contributed by atoms with E-state index in [9.17, 15) is 19.8 Å². The van der Waals surface area contributed by atoms with E-state index < -0.39 is 23.8 Å². The SMILES string of the molecule is O=C(N[C@@H]1c2cccc(O)c2C[C@@H]1C(=O)O)c1ccc2nc(CO)[nH]c2c1. The zero-order valence-electron chi connectivity index (χ0n) is 14.1. The molecule has 1 amide bonds. The monoisotopic (exact) mass is 367 g/mol. The lowest BCUT2D eigenvalue weighted by atomic mass is 10.00. The van der Waals surface area contributed by atoms with Crippen molar-refractivity contribution in [3.05, 3.63) is 58.9 Å². The molecule has 138 valence electrons. The van der Waals surface area contributed by atoms with Crippen LogP contribution in [0.1, 0.15) is 33.4 Å². The number of fused-ring (bicyclic) bond motifs is 2. The van der Waals surface area contributed by atoms with Gasteiger partial charge < -0.3 is 25.6 Å². The number of carboxylic acids is 1. The molecule has 1 aliphatic carbocycles. The molecule has 0 aliphatic heterocycles. The first-order valence-electron chi connectivity index (χ1n) is 8.42. The van der Waals surface area contributed by atoms with Crippen molar-refractivity contribution in [1.29, 1.82) is 0 Å². The third kappa shape index (κ3) is 2.89. The molecule has 0 fully saturated rings. The number of phenolic OH excluding ortho intramolecular Hbond substituents is 1. The van der Waals surface area contributed by atoms with Gasteiger partial charge in [0, 0.05) is 11.1 Å². The Kier molecular flexibility index (Phi) is 4.04. The van der Waals surface area contributed by atoms with Crippen LogP contribution in [0.4, 0.5) is 0 Å². The highest BCUT2D eigenvalue weighted by Crippen LogP contribution is 2.40. The highest BCUT2D eigenvalue weighted by Gasteiger charge is 2.39. The van der Waals surface area contributed by atoms with Crippen LogP contribution in [0.3, 0.4) is 0 Å². The summed E-state index contributed by atoms with van der Waals surface area (Å²) in [6.45, 7) is -0.237. The molecule has 2 aromatic carbocycles. The average Bonchev–Trinajstić information content (AvgIpc) is 3.23. The zero-order valence-corrected chi connectivity index (χ0v) is 14.1. The Labute approximate surface area is 153 Å². The van der Waals surface area contributed by atoms with Crippen LogP contribution >= 0.6 is 0 Å². The van der Waals surface area contributed by atoms with Crippen LogP contribution in [0.5, 0.6) is 5.75 Å². The van der Waals surface area contributed by atoms with Gasteiger partial charge in [0.25, 0.3) is 5.91 Å². The van der Waals surface area contributed by atoms with Gasteiger partial charge >= 0.3 is 5.97 Å². The first-order chi connectivity index (χ1) is 13.0. The maximum absolute atomic E-state index is 12.7. The van der Waals surface area contributed by atoms with Gasteiger partial charge in [-0.25, -0.2) is 4.98 Å². The van der Waals surface area contributed by atoms with Crippen LogP contribution in [0, 0.1) is 5.92 Å². The van der Waals surface area contributed by atoms with Crippen molar-refractivity contribution in [1.82, 2.24) is 15.3 Å². The molecule has 1 aliphatic rings. The lowest BCUT2D eigenvalue weighted by Gasteiger charge is -2.19. The maximum Gasteiger partial charge on any atom is 0.309 e. The van der Waals surface area contributed by atoms with Crippen molar-refractivity contribution in [2.24, 2.45) is 5.92 Å². The number of carboxylic acid groups (broad SMARTS) is 1. The van der Waals surface area contributed by atoms with E-state index in [1.54, 1.807) is 30.3 Å². The summed E-state index contributed by atoms with van der Waals surface area (Å²) in [6.07, 6.45) is 0.154. The molecule has 8 nitrogen and oxygen atoms in total. The highest BCUT2D eigenvalue weighted by atomic mass is 16.4. The second-order valence-electron chi connectivity index (χ2n) is 6.52. The molecule has 4 rings (SSSR count). The van der Waals surface area contributed by atoms with Gasteiger partial charge in [-0.1, -0.05) is 12.1 Å². The molecule has 8 heteroatoms. The zero-order chi connectivity index (χ0) is 19.1. The quantitative estimate of drug-likeness (QED) is 0.474. The van der Waals surface area contributed by atoms with Crippen LogP contribution in [0.2, 0.25) is 0 Å². The second-order valence-corrected chi connectivity index (χ2v) is 6.52. The molecule has 0 unspecified atom stereocenters. The summed E-state index contributed by atoms with van der Waals surface area (Å²) in [5, 5.41) is 31.5. The summed E-state index contributed by atoms with van der Waals surface area (Å²) in [5.74, 6) is -1.88. The van der Waals surface area contributed by atoms with Gasteiger partial charge in [0.2, 0.25) is 0 Å². The fraction of sp³-hybridized carbons (Fsp3) is 0.211. The van der Waals surface area contributed by atoms with Gasteiger partial charge in [0.15, 0.2) is 0 Å². The molecule has 0 radical (unpaired) electrons. The normalized spacial score (nSPS) is 18.4. The van der Waals surface area contributed by atoms with Gasteiger partial charge in [0.05, 0.1) is 23.0 Å². The van der Waals surface area contributed by atoms with Gasteiger partial charge in [0.1, 0.15) is 18.2 Å². The summed E-state index contributed by atoms with van der Waals surface area (Å²) in [5.41, 5.74) is 2.72. The Hall–Kier alpha value is -3.39. The predicted molar refractivity (Wildman–Crippen MR) is 95.2 cm³/mol. The molecule has 2 atom stereocenters. The highest BCUT2D eigenvalue weighted by molar-refractivity contribution is 5.98. The maximum atomic E-state index is 12.7. The molecule has 5 N–H and O–H groups in total. The van der Waals surface area contributed by atoms with E-state index in [4.69, 9.17) is 5.11 Å². The molecule has 0 saturated heterocycles. The van der Waals surface area contributed by atoms with E-state index in [2.05, 4.69) is 15.3 Å². The van der Waals surface area contributed by atoms with Crippen LogP contribution in [-0.2, 0) is 17.8 Å². The van der Waals surface area contributed by atoms with E-state index in [1.165, 1.54) is 6.07 Å². The number of imidazole rings is 1. The number of hydrogen-bond acceptors (Lipinski definition) is 5. The number of nitrogens with one attached hydrogen (secondary N) is 2. The minimum Gasteiger partial charge on any atom is -0.508 e. The van der Waals surface area contributed by atoms with Gasteiger partial charge in [-0.3, -0.25) is 9.59 Å². The number of H-pyrrole nitrogens is 1. The number of amides is 1. The number of carbonyl (C=O) groups is 2. The number of aromatic nitrogens is 2. The smallest absolute Gasteiger partial charge is 0.309 e. The number of carbonyl (C=O) groups excluding carboxylic acids is 1. The number of aliphatic hydroxyl groups is 1. The Balaban J connectivity index is 1.65. The summed E-state index contributed by atoms with van der Waals surface area (Å²) >= 11 is 0.